The van der Waals surface area contributed by atoms with E-state index >= 15 is 0 Å². The third-order valence-corrected chi connectivity index (χ3v) is 8.99. The third-order valence-electron chi connectivity index (χ3n) is 6.57. The summed E-state index contributed by atoms with van der Waals surface area (Å²) >= 11 is 0. The first-order chi connectivity index (χ1) is 19.6. The molecule has 6 heteroatoms. The number of fused-ring (bicyclic) bond motifs is 2. The largest absolute Gasteiger partial charge is 0.361 e. The lowest BCUT2D eigenvalue weighted by atomic mass is 9.92. The zero-order valence-corrected chi connectivity index (χ0v) is 23.0. The topological polar surface area (TPSA) is 58.2 Å². The first-order valence-electron chi connectivity index (χ1n) is 12.8. The van der Waals surface area contributed by atoms with Crippen LogP contribution in [0.15, 0.2) is 131 Å². The van der Waals surface area contributed by atoms with E-state index in [0.717, 1.165) is 43.4 Å². The van der Waals surface area contributed by atoms with Crippen molar-refractivity contribution in [3.63, 3.8) is 0 Å². The van der Waals surface area contributed by atoms with Crippen LogP contribution in [0.4, 0.5) is 11.4 Å². The standard InChI is InChI=1S/C34H24N2O2S2/c37-33-19-9-23-5-1-3-7-29(23)31(33)21-35-25-11-15-27(16-12-25)39-40-28-17-13-26(14-18-28)36-22-32-30-8-4-2-6-24(30)10-20-34(32)38/h1-22,35-36H. The molecule has 0 saturated carbocycles. The van der Waals surface area contributed by atoms with Crippen LogP contribution in [0.25, 0.3) is 23.3 Å². The predicted octanol–water partition coefficient (Wildman–Crippen LogP) is 8.58. The maximum absolute atomic E-state index is 12.4. The van der Waals surface area contributed by atoms with Gasteiger partial charge >= 0.3 is 0 Å². The molecule has 40 heavy (non-hydrogen) atoms. The number of carbonyl (C=O) groups is 2. The molecule has 0 radical (unpaired) electrons. The zero-order valence-electron chi connectivity index (χ0n) is 21.3. The number of rotatable bonds is 7. The van der Waals surface area contributed by atoms with Crippen LogP contribution in [0.1, 0.15) is 22.3 Å². The molecule has 4 nitrogen and oxygen atoms in total. The number of carbonyl (C=O) groups excluding carboxylic acids is 2. The van der Waals surface area contributed by atoms with Gasteiger partial charge in [-0.2, -0.15) is 0 Å². The number of nitrogens with one attached hydrogen (secondary N) is 2. The van der Waals surface area contributed by atoms with Crippen molar-refractivity contribution in [1.82, 2.24) is 0 Å². The van der Waals surface area contributed by atoms with Crippen LogP contribution in [-0.2, 0) is 9.59 Å². The van der Waals surface area contributed by atoms with Gasteiger partial charge in [-0.3, -0.25) is 9.59 Å². The Hall–Kier alpha value is -4.52. The highest BCUT2D eigenvalue weighted by atomic mass is 33.1. The number of benzene rings is 4. The van der Waals surface area contributed by atoms with E-state index in [2.05, 4.69) is 34.9 Å². The van der Waals surface area contributed by atoms with Gasteiger partial charge < -0.3 is 10.6 Å². The highest BCUT2D eigenvalue weighted by Crippen LogP contribution is 2.38. The molecule has 2 aliphatic carbocycles. The van der Waals surface area contributed by atoms with Gasteiger partial charge in [-0.05, 0) is 82.9 Å². The fourth-order valence-electron chi connectivity index (χ4n) is 4.47. The van der Waals surface area contributed by atoms with Crippen LogP contribution in [0.3, 0.4) is 0 Å². The van der Waals surface area contributed by atoms with Crippen molar-refractivity contribution >= 4 is 67.8 Å². The molecule has 0 saturated heterocycles. The van der Waals surface area contributed by atoms with E-state index in [0.29, 0.717) is 11.1 Å². The summed E-state index contributed by atoms with van der Waals surface area (Å²) in [5.41, 5.74) is 7.12. The summed E-state index contributed by atoms with van der Waals surface area (Å²) in [6.07, 6.45) is 10.5. The van der Waals surface area contributed by atoms with Crippen molar-refractivity contribution in [2.45, 2.75) is 9.79 Å². The maximum Gasteiger partial charge on any atom is 0.187 e. The van der Waals surface area contributed by atoms with Crippen LogP contribution in [0.2, 0.25) is 0 Å². The number of allylic oxidation sites excluding steroid dienone is 4. The molecule has 2 aliphatic rings. The van der Waals surface area contributed by atoms with Gasteiger partial charge in [0, 0.05) is 44.7 Å². The summed E-state index contributed by atoms with van der Waals surface area (Å²) in [6, 6.07) is 32.1. The molecule has 0 amide bonds. The lowest BCUT2D eigenvalue weighted by Gasteiger charge is -2.13. The van der Waals surface area contributed by atoms with Crippen LogP contribution >= 0.6 is 21.6 Å². The normalized spacial score (nSPS) is 15.7. The molecule has 194 valence electrons. The van der Waals surface area contributed by atoms with Crippen molar-refractivity contribution < 1.29 is 9.59 Å². The quantitative estimate of drug-likeness (QED) is 0.176. The second-order valence-corrected chi connectivity index (χ2v) is 11.5. The van der Waals surface area contributed by atoms with Gasteiger partial charge in [0.1, 0.15) is 0 Å². The van der Waals surface area contributed by atoms with Crippen LogP contribution in [0, 0.1) is 0 Å². The van der Waals surface area contributed by atoms with Gasteiger partial charge in [0.15, 0.2) is 11.6 Å². The minimum atomic E-state index is -0.00222. The van der Waals surface area contributed by atoms with Crippen molar-refractivity contribution in [2.75, 3.05) is 10.6 Å². The summed E-state index contributed by atoms with van der Waals surface area (Å²) in [7, 11) is 3.36. The Morgan fingerprint density at radius 3 is 1.30 bits per heavy atom. The highest BCUT2D eigenvalue weighted by Gasteiger charge is 2.17. The van der Waals surface area contributed by atoms with E-state index in [-0.39, 0.29) is 11.6 Å². The molecule has 0 heterocycles. The van der Waals surface area contributed by atoms with E-state index in [1.807, 2.05) is 84.9 Å². The van der Waals surface area contributed by atoms with Crippen LogP contribution in [0.5, 0.6) is 0 Å². The van der Waals surface area contributed by atoms with E-state index < -0.39 is 0 Å². The summed E-state index contributed by atoms with van der Waals surface area (Å²) in [4.78, 5) is 27.1. The van der Waals surface area contributed by atoms with Gasteiger partial charge in [0.25, 0.3) is 0 Å². The van der Waals surface area contributed by atoms with Crippen molar-refractivity contribution in [3.05, 3.63) is 144 Å². The average Bonchev–Trinajstić information content (AvgIpc) is 3.00. The lowest BCUT2D eigenvalue weighted by molar-refractivity contribution is -0.110. The Labute approximate surface area is 241 Å². The summed E-state index contributed by atoms with van der Waals surface area (Å²) in [6.45, 7) is 0. The van der Waals surface area contributed by atoms with Gasteiger partial charge in [-0.15, -0.1) is 0 Å². The van der Waals surface area contributed by atoms with Gasteiger partial charge in [-0.25, -0.2) is 0 Å². The Balaban J connectivity index is 1.04. The number of ketones is 2. The SMILES string of the molecule is O=C1C=Cc2ccccc2C1=CNc1ccc(SSc2ccc(NC=C3C(=O)C=Cc4ccccc43)cc2)cc1. The molecule has 0 spiro atoms. The molecular weight excluding hydrogens is 533 g/mol. The number of hydrogen-bond donors (Lipinski definition) is 2. The van der Waals surface area contributed by atoms with Crippen LogP contribution < -0.4 is 10.6 Å². The van der Waals surface area contributed by atoms with E-state index in [9.17, 15) is 9.59 Å². The Bertz CT molecular complexity index is 1590. The van der Waals surface area contributed by atoms with Crippen LogP contribution in [-0.4, -0.2) is 11.6 Å². The average molecular weight is 557 g/mol. The highest BCUT2D eigenvalue weighted by molar-refractivity contribution is 8.76. The first kappa shape index (κ1) is 25.7. The molecular formula is C34H24N2O2S2. The maximum atomic E-state index is 12.4. The molecule has 2 N–H and O–H groups in total. The van der Waals surface area contributed by atoms with Gasteiger partial charge in [-0.1, -0.05) is 82.3 Å². The van der Waals surface area contributed by atoms with Crippen molar-refractivity contribution in [3.8, 4) is 0 Å². The fourth-order valence-corrected chi connectivity index (χ4v) is 6.40. The van der Waals surface area contributed by atoms with Crippen molar-refractivity contribution in [1.29, 1.82) is 0 Å². The van der Waals surface area contributed by atoms with E-state index in [1.54, 1.807) is 46.1 Å². The molecule has 0 fully saturated rings. The minimum absolute atomic E-state index is 0.00222. The number of hydrogen-bond acceptors (Lipinski definition) is 6. The summed E-state index contributed by atoms with van der Waals surface area (Å²) in [5, 5.41) is 6.54. The molecule has 6 rings (SSSR count). The first-order valence-corrected chi connectivity index (χ1v) is 14.9. The predicted molar refractivity (Wildman–Crippen MR) is 169 cm³/mol. The second-order valence-electron chi connectivity index (χ2n) is 9.19. The molecule has 0 bridgehead atoms. The fraction of sp³-hybridized carbons (Fsp3) is 0. The molecule has 4 aromatic rings. The zero-order chi connectivity index (χ0) is 27.3. The number of anilines is 2. The molecule has 0 aromatic heterocycles. The van der Waals surface area contributed by atoms with E-state index in [1.165, 1.54) is 0 Å². The molecule has 0 unspecified atom stereocenters. The van der Waals surface area contributed by atoms with Gasteiger partial charge in [0.2, 0.25) is 0 Å². The minimum Gasteiger partial charge on any atom is -0.361 e. The Kier molecular flexibility index (Phi) is 7.53. The molecule has 4 aromatic carbocycles. The van der Waals surface area contributed by atoms with Crippen molar-refractivity contribution in [2.24, 2.45) is 0 Å². The lowest BCUT2D eigenvalue weighted by Crippen LogP contribution is -2.06. The second kappa shape index (κ2) is 11.7. The Morgan fingerprint density at radius 1 is 0.475 bits per heavy atom. The van der Waals surface area contributed by atoms with E-state index in [4.69, 9.17) is 0 Å². The Morgan fingerprint density at radius 2 is 0.875 bits per heavy atom. The smallest absolute Gasteiger partial charge is 0.187 e. The molecule has 0 aliphatic heterocycles. The van der Waals surface area contributed by atoms with Gasteiger partial charge in [0.05, 0.1) is 0 Å². The summed E-state index contributed by atoms with van der Waals surface area (Å²) < 4.78 is 0. The molecule has 0 atom stereocenters. The summed E-state index contributed by atoms with van der Waals surface area (Å²) in [5.74, 6) is -0.00444. The monoisotopic (exact) mass is 556 g/mol. The third kappa shape index (κ3) is 5.73.